The van der Waals surface area contributed by atoms with E-state index in [2.05, 4.69) is 10.1 Å². The van der Waals surface area contributed by atoms with Gasteiger partial charge in [-0.3, -0.25) is 4.79 Å². The van der Waals surface area contributed by atoms with Gasteiger partial charge in [0.1, 0.15) is 0 Å². The molecule has 0 spiro atoms. The summed E-state index contributed by atoms with van der Waals surface area (Å²) in [5, 5.41) is 4.83. The summed E-state index contributed by atoms with van der Waals surface area (Å²) in [5.41, 5.74) is 1.27. The van der Waals surface area contributed by atoms with Crippen LogP contribution in [0.3, 0.4) is 0 Å². The van der Waals surface area contributed by atoms with Crippen LogP contribution in [0, 0.1) is 0 Å². The van der Waals surface area contributed by atoms with E-state index in [-0.39, 0.29) is 11.8 Å². The standard InChI is InChI=1S/C15H13NO3S/c1-19-15(18)11-4-6-12(7-5-11)16-9-8-13(17)14-3-2-10-20-14/h2-10,16H,1H3/b9-8+. The van der Waals surface area contributed by atoms with Crippen molar-refractivity contribution >= 4 is 28.8 Å². The van der Waals surface area contributed by atoms with Crippen molar-refractivity contribution < 1.29 is 14.3 Å². The number of allylic oxidation sites excluding steroid dienone is 1. The van der Waals surface area contributed by atoms with Crippen molar-refractivity contribution in [2.24, 2.45) is 0 Å². The van der Waals surface area contributed by atoms with Gasteiger partial charge in [0.2, 0.25) is 0 Å². The molecule has 0 unspecified atom stereocenters. The smallest absolute Gasteiger partial charge is 0.337 e. The molecule has 0 radical (unpaired) electrons. The number of carbonyl (C=O) groups excluding carboxylic acids is 2. The third-order valence-corrected chi connectivity index (χ3v) is 3.44. The number of esters is 1. The quantitative estimate of drug-likeness (QED) is 0.520. The average Bonchev–Trinajstić information content (AvgIpc) is 3.01. The monoisotopic (exact) mass is 287 g/mol. The van der Waals surface area contributed by atoms with Crippen LogP contribution < -0.4 is 5.32 Å². The summed E-state index contributed by atoms with van der Waals surface area (Å²) in [4.78, 5) is 23.7. The molecule has 0 bridgehead atoms. The Labute approximate surface area is 120 Å². The van der Waals surface area contributed by atoms with Gasteiger partial charge in [0.05, 0.1) is 17.6 Å². The number of nitrogens with one attached hydrogen (secondary N) is 1. The molecule has 0 aliphatic rings. The number of rotatable bonds is 5. The van der Waals surface area contributed by atoms with Gasteiger partial charge in [0, 0.05) is 18.0 Å². The maximum absolute atomic E-state index is 11.7. The van der Waals surface area contributed by atoms with Crippen LogP contribution in [0.5, 0.6) is 0 Å². The first kappa shape index (κ1) is 14.0. The molecule has 1 N–H and O–H groups in total. The highest BCUT2D eigenvalue weighted by Gasteiger charge is 2.04. The molecule has 0 saturated heterocycles. The first-order chi connectivity index (χ1) is 9.70. The fraction of sp³-hybridized carbons (Fsp3) is 0.0667. The van der Waals surface area contributed by atoms with Gasteiger partial charge < -0.3 is 10.1 Å². The van der Waals surface area contributed by atoms with Crippen molar-refractivity contribution in [2.75, 3.05) is 12.4 Å². The number of anilines is 1. The predicted octanol–water partition coefficient (Wildman–Crippen LogP) is 3.34. The van der Waals surface area contributed by atoms with Crippen molar-refractivity contribution in [1.29, 1.82) is 0 Å². The van der Waals surface area contributed by atoms with Crippen LogP contribution >= 0.6 is 11.3 Å². The zero-order valence-electron chi connectivity index (χ0n) is 10.8. The molecule has 1 aromatic carbocycles. The Balaban J connectivity index is 1.94. The normalized spacial score (nSPS) is 10.4. The van der Waals surface area contributed by atoms with E-state index in [0.717, 1.165) is 5.69 Å². The van der Waals surface area contributed by atoms with Gasteiger partial charge in [-0.1, -0.05) is 6.07 Å². The minimum Gasteiger partial charge on any atom is -0.465 e. The Morgan fingerprint density at radius 1 is 1.20 bits per heavy atom. The second kappa shape index (κ2) is 6.68. The fourth-order valence-electron chi connectivity index (χ4n) is 1.53. The molecular weight excluding hydrogens is 274 g/mol. The van der Waals surface area contributed by atoms with Crippen molar-refractivity contribution in [2.45, 2.75) is 0 Å². The van der Waals surface area contributed by atoms with Crippen LogP contribution in [0.2, 0.25) is 0 Å². The number of methoxy groups -OCH3 is 1. The molecule has 4 nitrogen and oxygen atoms in total. The summed E-state index contributed by atoms with van der Waals surface area (Å²) in [6.07, 6.45) is 3.05. The van der Waals surface area contributed by atoms with Gasteiger partial charge in [0.15, 0.2) is 5.78 Å². The Kier molecular flexibility index (Phi) is 4.68. The fourth-order valence-corrected chi connectivity index (χ4v) is 2.18. The van der Waals surface area contributed by atoms with Crippen LogP contribution in [0.25, 0.3) is 0 Å². The van der Waals surface area contributed by atoms with Crippen LogP contribution in [-0.4, -0.2) is 18.9 Å². The van der Waals surface area contributed by atoms with E-state index in [0.29, 0.717) is 10.4 Å². The molecule has 5 heteroatoms. The van der Waals surface area contributed by atoms with Crippen molar-refractivity contribution in [3.63, 3.8) is 0 Å². The molecule has 1 heterocycles. The Hall–Kier alpha value is -2.40. The summed E-state index contributed by atoms with van der Waals surface area (Å²) in [5.74, 6) is -0.418. The minimum absolute atomic E-state index is 0.0429. The molecule has 0 atom stereocenters. The molecule has 20 heavy (non-hydrogen) atoms. The number of thiophene rings is 1. The van der Waals surface area contributed by atoms with E-state index < -0.39 is 0 Å². The lowest BCUT2D eigenvalue weighted by atomic mass is 10.2. The number of ketones is 1. The maximum Gasteiger partial charge on any atom is 0.337 e. The Morgan fingerprint density at radius 3 is 2.55 bits per heavy atom. The molecule has 2 rings (SSSR count). The summed E-state index contributed by atoms with van der Waals surface area (Å²) in [6.45, 7) is 0. The molecule has 0 aliphatic carbocycles. The number of hydrogen-bond donors (Lipinski definition) is 1. The SMILES string of the molecule is COC(=O)c1ccc(N/C=C/C(=O)c2cccs2)cc1. The van der Waals surface area contributed by atoms with Gasteiger partial charge in [-0.05, 0) is 35.7 Å². The highest BCUT2D eigenvalue weighted by molar-refractivity contribution is 7.12. The van der Waals surface area contributed by atoms with E-state index in [4.69, 9.17) is 0 Å². The minimum atomic E-state index is -0.375. The summed E-state index contributed by atoms with van der Waals surface area (Å²) in [6, 6.07) is 10.4. The lowest BCUT2D eigenvalue weighted by Crippen LogP contribution is -2.00. The second-order valence-electron chi connectivity index (χ2n) is 3.89. The summed E-state index contributed by atoms with van der Waals surface area (Å²) < 4.78 is 4.61. The lowest BCUT2D eigenvalue weighted by Gasteiger charge is -2.02. The van der Waals surface area contributed by atoms with E-state index in [9.17, 15) is 9.59 Å². The zero-order chi connectivity index (χ0) is 14.4. The predicted molar refractivity (Wildman–Crippen MR) is 79.2 cm³/mol. The van der Waals surface area contributed by atoms with Gasteiger partial charge in [-0.25, -0.2) is 4.79 Å². The molecular formula is C15H13NO3S. The van der Waals surface area contributed by atoms with Crippen molar-refractivity contribution in [3.05, 3.63) is 64.5 Å². The van der Waals surface area contributed by atoms with Crippen LogP contribution in [0.1, 0.15) is 20.0 Å². The third-order valence-electron chi connectivity index (χ3n) is 2.55. The zero-order valence-corrected chi connectivity index (χ0v) is 11.6. The Bertz CT molecular complexity index is 615. The van der Waals surface area contributed by atoms with Crippen molar-refractivity contribution in [1.82, 2.24) is 0 Å². The third kappa shape index (κ3) is 3.55. The van der Waals surface area contributed by atoms with Crippen LogP contribution in [0.15, 0.2) is 54.1 Å². The van der Waals surface area contributed by atoms with Crippen LogP contribution in [-0.2, 0) is 4.74 Å². The van der Waals surface area contributed by atoms with E-state index in [1.807, 2.05) is 11.4 Å². The first-order valence-electron chi connectivity index (χ1n) is 5.90. The topological polar surface area (TPSA) is 55.4 Å². The largest absolute Gasteiger partial charge is 0.465 e. The molecule has 102 valence electrons. The lowest BCUT2D eigenvalue weighted by molar-refractivity contribution is 0.0600. The van der Waals surface area contributed by atoms with Gasteiger partial charge in [0.25, 0.3) is 0 Å². The Morgan fingerprint density at radius 2 is 1.95 bits per heavy atom. The van der Waals surface area contributed by atoms with E-state index in [1.54, 1.807) is 36.5 Å². The first-order valence-corrected chi connectivity index (χ1v) is 6.78. The number of hydrogen-bond acceptors (Lipinski definition) is 5. The van der Waals surface area contributed by atoms with Gasteiger partial charge in [-0.15, -0.1) is 11.3 Å². The summed E-state index contributed by atoms with van der Waals surface area (Å²) >= 11 is 1.40. The van der Waals surface area contributed by atoms with Gasteiger partial charge >= 0.3 is 5.97 Å². The van der Waals surface area contributed by atoms with E-state index >= 15 is 0 Å². The number of carbonyl (C=O) groups is 2. The average molecular weight is 287 g/mol. The maximum atomic E-state index is 11.7. The molecule has 0 amide bonds. The van der Waals surface area contributed by atoms with Crippen LogP contribution in [0.4, 0.5) is 5.69 Å². The van der Waals surface area contributed by atoms with Gasteiger partial charge in [-0.2, -0.15) is 0 Å². The molecule has 0 aliphatic heterocycles. The number of benzene rings is 1. The van der Waals surface area contributed by atoms with Crippen molar-refractivity contribution in [3.8, 4) is 0 Å². The summed E-state index contributed by atoms with van der Waals surface area (Å²) in [7, 11) is 1.34. The second-order valence-corrected chi connectivity index (χ2v) is 4.84. The van der Waals surface area contributed by atoms with E-state index in [1.165, 1.54) is 24.5 Å². The highest BCUT2D eigenvalue weighted by atomic mass is 32.1. The molecule has 0 fully saturated rings. The number of ether oxygens (including phenoxy) is 1. The highest BCUT2D eigenvalue weighted by Crippen LogP contribution is 2.12. The molecule has 0 saturated carbocycles. The molecule has 2 aromatic rings. The molecule has 1 aromatic heterocycles.